The Morgan fingerprint density at radius 1 is 1.50 bits per heavy atom. The van der Waals surface area contributed by atoms with Crippen LogP contribution in [0.25, 0.3) is 0 Å². The van der Waals surface area contributed by atoms with Gasteiger partial charge in [-0.25, -0.2) is 0 Å². The van der Waals surface area contributed by atoms with Gasteiger partial charge in [0.15, 0.2) is 0 Å². The summed E-state index contributed by atoms with van der Waals surface area (Å²) in [6.07, 6.45) is 2.27. The fourth-order valence-electron chi connectivity index (χ4n) is 1.57. The second-order valence-electron chi connectivity index (χ2n) is 3.90. The average Bonchev–Trinajstić information content (AvgIpc) is 2.25. The fraction of sp³-hybridized carbons (Fsp3) is 0.500. The molecule has 1 aromatic rings. The van der Waals surface area contributed by atoms with Crippen LogP contribution >= 0.6 is 27.5 Å². The summed E-state index contributed by atoms with van der Waals surface area (Å²) in [5.41, 5.74) is 6.90. The van der Waals surface area contributed by atoms with Gasteiger partial charge in [0.1, 0.15) is 0 Å². The van der Waals surface area contributed by atoms with E-state index in [1.807, 2.05) is 6.07 Å². The molecule has 0 spiro atoms. The third-order valence-electron chi connectivity index (χ3n) is 2.59. The Balaban J connectivity index is 2.75. The highest BCUT2D eigenvalue weighted by Crippen LogP contribution is 2.28. The summed E-state index contributed by atoms with van der Waals surface area (Å²) in [5, 5.41) is 10.6. The summed E-state index contributed by atoms with van der Waals surface area (Å²) in [6.45, 7) is 2.09. The summed E-state index contributed by atoms with van der Waals surface area (Å²) < 4.78 is 0.850. The minimum absolute atomic E-state index is 0.363. The molecule has 2 atom stereocenters. The van der Waals surface area contributed by atoms with E-state index in [0.717, 1.165) is 29.3 Å². The Bertz CT molecular complexity index is 346. The van der Waals surface area contributed by atoms with E-state index in [1.54, 1.807) is 12.1 Å². The number of benzene rings is 1. The Kier molecular flexibility index (Phi) is 5.76. The number of aliphatic hydroxyl groups is 1. The molecule has 0 amide bonds. The summed E-state index contributed by atoms with van der Waals surface area (Å²) in [6, 6.07) is 5.07. The summed E-state index contributed by atoms with van der Waals surface area (Å²) >= 11 is 9.26. The molecule has 0 radical (unpaired) electrons. The topological polar surface area (TPSA) is 46.2 Å². The van der Waals surface area contributed by atoms with Crippen LogP contribution in [0.2, 0.25) is 5.02 Å². The van der Waals surface area contributed by atoms with E-state index in [1.165, 1.54) is 0 Å². The molecule has 0 bridgehead atoms. The van der Waals surface area contributed by atoms with E-state index >= 15 is 0 Å². The molecule has 0 aliphatic carbocycles. The molecule has 0 heterocycles. The molecule has 0 saturated heterocycles. The van der Waals surface area contributed by atoms with Crippen molar-refractivity contribution in [2.24, 2.45) is 5.73 Å². The summed E-state index contributed by atoms with van der Waals surface area (Å²) in [5.74, 6) is 0. The number of halogens is 2. The van der Waals surface area contributed by atoms with Gasteiger partial charge in [-0.1, -0.05) is 53.4 Å². The van der Waals surface area contributed by atoms with E-state index in [2.05, 4.69) is 22.9 Å². The van der Waals surface area contributed by atoms with Crippen LogP contribution < -0.4 is 5.73 Å². The largest absolute Gasteiger partial charge is 0.391 e. The van der Waals surface area contributed by atoms with E-state index < -0.39 is 6.10 Å². The first kappa shape index (κ1) is 14.0. The minimum atomic E-state index is -0.502. The Labute approximate surface area is 110 Å². The van der Waals surface area contributed by atoms with Crippen molar-refractivity contribution in [3.05, 3.63) is 33.3 Å². The third-order valence-corrected chi connectivity index (χ3v) is 3.51. The molecule has 0 fully saturated rings. The second kappa shape index (κ2) is 6.60. The van der Waals surface area contributed by atoms with Crippen LogP contribution in [-0.2, 0) is 0 Å². The minimum Gasteiger partial charge on any atom is -0.391 e. The molecule has 0 aromatic heterocycles. The molecule has 0 saturated carbocycles. The van der Waals surface area contributed by atoms with Gasteiger partial charge in [-0.15, -0.1) is 0 Å². The van der Waals surface area contributed by atoms with Crippen molar-refractivity contribution in [1.29, 1.82) is 0 Å². The maximum Gasteiger partial charge on any atom is 0.0733 e. The summed E-state index contributed by atoms with van der Waals surface area (Å²) in [7, 11) is 0. The second-order valence-corrected chi connectivity index (χ2v) is 5.19. The average molecular weight is 307 g/mol. The number of unbranched alkanes of at least 4 members (excludes halogenated alkanes) is 1. The van der Waals surface area contributed by atoms with Gasteiger partial charge in [0.2, 0.25) is 0 Å². The highest BCUT2D eigenvalue weighted by atomic mass is 79.9. The predicted molar refractivity (Wildman–Crippen MR) is 71.6 cm³/mol. The standard InChI is InChI=1S/C12H17BrClNO/c1-2-3-4-11(16)12(15)9-6-5-8(14)7-10(9)13/h5-7,11-12,16H,2-4,15H2,1H3/t11-,12+/m1/s1. The molecule has 1 aromatic carbocycles. The van der Waals surface area contributed by atoms with Crippen LogP contribution in [0.15, 0.2) is 22.7 Å². The Morgan fingerprint density at radius 3 is 2.75 bits per heavy atom. The lowest BCUT2D eigenvalue weighted by Gasteiger charge is -2.20. The number of aliphatic hydroxyl groups excluding tert-OH is 1. The van der Waals surface area contributed by atoms with Gasteiger partial charge in [-0.05, 0) is 24.1 Å². The van der Waals surface area contributed by atoms with E-state index in [0.29, 0.717) is 5.02 Å². The number of rotatable bonds is 5. The maximum atomic E-state index is 9.92. The lowest BCUT2D eigenvalue weighted by Crippen LogP contribution is -2.26. The van der Waals surface area contributed by atoms with Gasteiger partial charge in [-0.3, -0.25) is 0 Å². The van der Waals surface area contributed by atoms with Crippen molar-refractivity contribution < 1.29 is 5.11 Å². The maximum absolute atomic E-state index is 9.92. The Hall–Kier alpha value is -0.0900. The molecular weight excluding hydrogens is 289 g/mol. The molecule has 4 heteroatoms. The molecule has 90 valence electrons. The first-order valence-electron chi connectivity index (χ1n) is 5.44. The zero-order valence-corrected chi connectivity index (χ0v) is 11.6. The van der Waals surface area contributed by atoms with Gasteiger partial charge in [0.05, 0.1) is 12.1 Å². The van der Waals surface area contributed by atoms with Crippen molar-refractivity contribution in [3.63, 3.8) is 0 Å². The zero-order valence-electron chi connectivity index (χ0n) is 9.29. The van der Waals surface area contributed by atoms with Crippen molar-refractivity contribution in [3.8, 4) is 0 Å². The van der Waals surface area contributed by atoms with Crippen LogP contribution in [0, 0.1) is 0 Å². The van der Waals surface area contributed by atoms with E-state index in [4.69, 9.17) is 17.3 Å². The molecular formula is C12H17BrClNO. The quantitative estimate of drug-likeness (QED) is 0.872. The molecule has 16 heavy (non-hydrogen) atoms. The lowest BCUT2D eigenvalue weighted by atomic mass is 9.98. The molecule has 0 aliphatic heterocycles. The van der Waals surface area contributed by atoms with Crippen LogP contribution in [0.5, 0.6) is 0 Å². The molecule has 0 unspecified atom stereocenters. The molecule has 0 aliphatic rings. The molecule has 3 N–H and O–H groups in total. The predicted octanol–water partition coefficient (Wildman–Crippen LogP) is 3.65. The number of hydrogen-bond donors (Lipinski definition) is 2. The van der Waals surface area contributed by atoms with Gasteiger partial charge in [0, 0.05) is 9.50 Å². The van der Waals surface area contributed by atoms with Gasteiger partial charge < -0.3 is 10.8 Å². The molecule has 1 rings (SSSR count). The highest BCUT2D eigenvalue weighted by molar-refractivity contribution is 9.10. The molecule has 2 nitrogen and oxygen atoms in total. The first-order chi connectivity index (χ1) is 7.56. The third kappa shape index (κ3) is 3.74. The monoisotopic (exact) mass is 305 g/mol. The van der Waals surface area contributed by atoms with Crippen LogP contribution in [0.3, 0.4) is 0 Å². The Morgan fingerprint density at radius 2 is 2.19 bits per heavy atom. The number of nitrogens with two attached hydrogens (primary N) is 1. The highest BCUT2D eigenvalue weighted by Gasteiger charge is 2.18. The van der Waals surface area contributed by atoms with Gasteiger partial charge in [0.25, 0.3) is 0 Å². The van der Waals surface area contributed by atoms with Crippen molar-refractivity contribution in [2.45, 2.75) is 38.3 Å². The first-order valence-corrected chi connectivity index (χ1v) is 6.62. The lowest BCUT2D eigenvalue weighted by molar-refractivity contribution is 0.132. The number of hydrogen-bond acceptors (Lipinski definition) is 2. The van der Waals surface area contributed by atoms with Crippen molar-refractivity contribution in [2.75, 3.05) is 0 Å². The smallest absolute Gasteiger partial charge is 0.0733 e. The van der Waals surface area contributed by atoms with Crippen molar-refractivity contribution >= 4 is 27.5 Å². The zero-order chi connectivity index (χ0) is 12.1. The fourth-order valence-corrected chi connectivity index (χ4v) is 2.52. The normalized spacial score (nSPS) is 14.8. The van der Waals surface area contributed by atoms with Crippen LogP contribution in [-0.4, -0.2) is 11.2 Å². The van der Waals surface area contributed by atoms with Crippen LogP contribution in [0.1, 0.15) is 37.8 Å². The van der Waals surface area contributed by atoms with Gasteiger partial charge >= 0.3 is 0 Å². The van der Waals surface area contributed by atoms with Crippen LogP contribution in [0.4, 0.5) is 0 Å². The van der Waals surface area contributed by atoms with E-state index in [9.17, 15) is 5.11 Å². The SMILES string of the molecule is CCCC[C@@H](O)[C@@H](N)c1ccc(Cl)cc1Br. The van der Waals surface area contributed by atoms with E-state index in [-0.39, 0.29) is 6.04 Å². The summed E-state index contributed by atoms with van der Waals surface area (Å²) in [4.78, 5) is 0. The van der Waals surface area contributed by atoms with Crippen molar-refractivity contribution in [1.82, 2.24) is 0 Å². The van der Waals surface area contributed by atoms with Gasteiger partial charge in [-0.2, -0.15) is 0 Å².